The van der Waals surface area contributed by atoms with E-state index in [1.807, 2.05) is 18.2 Å². The predicted octanol–water partition coefficient (Wildman–Crippen LogP) is 1.42. The first kappa shape index (κ1) is 10.6. The molecule has 1 aromatic heterocycles. The van der Waals surface area contributed by atoms with Crippen LogP contribution in [0.3, 0.4) is 0 Å². The molecule has 4 heteroatoms. The highest BCUT2D eigenvalue weighted by Crippen LogP contribution is 2.24. The van der Waals surface area contributed by atoms with E-state index in [-0.39, 0.29) is 0 Å². The van der Waals surface area contributed by atoms with Gasteiger partial charge in [0.15, 0.2) is 0 Å². The molecule has 0 aliphatic carbocycles. The smallest absolute Gasteiger partial charge is 0.138 e. The lowest BCUT2D eigenvalue weighted by molar-refractivity contribution is 0.233. The molecule has 0 amide bonds. The van der Waals surface area contributed by atoms with Crippen LogP contribution in [0.5, 0.6) is 0 Å². The number of anilines is 1. The Kier molecular flexibility index (Phi) is 2.74. The van der Waals surface area contributed by atoms with Crippen molar-refractivity contribution in [2.75, 3.05) is 31.9 Å². The van der Waals surface area contributed by atoms with Crippen molar-refractivity contribution < 1.29 is 4.42 Å². The number of furan rings is 1. The highest BCUT2D eigenvalue weighted by molar-refractivity contribution is 5.83. The van der Waals surface area contributed by atoms with Gasteiger partial charge in [-0.2, -0.15) is 0 Å². The summed E-state index contributed by atoms with van der Waals surface area (Å²) < 4.78 is 5.55. The van der Waals surface area contributed by atoms with Crippen LogP contribution < -0.4 is 11.1 Å². The first-order valence-electron chi connectivity index (χ1n) is 6.01. The van der Waals surface area contributed by atoms with Gasteiger partial charge < -0.3 is 15.5 Å². The quantitative estimate of drug-likeness (QED) is 0.768. The molecule has 3 rings (SSSR count). The molecule has 0 bridgehead atoms. The van der Waals surface area contributed by atoms with E-state index >= 15 is 0 Å². The van der Waals surface area contributed by atoms with E-state index in [1.54, 1.807) is 6.26 Å². The summed E-state index contributed by atoms with van der Waals surface area (Å²) in [5.41, 5.74) is 8.88. The van der Waals surface area contributed by atoms with Crippen molar-refractivity contribution in [1.82, 2.24) is 10.2 Å². The van der Waals surface area contributed by atoms with Gasteiger partial charge in [-0.05, 0) is 18.2 Å². The van der Waals surface area contributed by atoms with Gasteiger partial charge in [-0.3, -0.25) is 4.90 Å². The Morgan fingerprint density at radius 2 is 2.12 bits per heavy atom. The molecule has 1 aliphatic rings. The number of nitrogen functional groups attached to an aromatic ring is 1. The summed E-state index contributed by atoms with van der Waals surface area (Å²) >= 11 is 0. The minimum atomic E-state index is 0.809. The number of fused-ring (bicyclic) bond motifs is 1. The van der Waals surface area contributed by atoms with Crippen LogP contribution >= 0.6 is 0 Å². The highest BCUT2D eigenvalue weighted by atomic mass is 16.3. The molecule has 1 aliphatic heterocycles. The van der Waals surface area contributed by atoms with Crippen molar-refractivity contribution in [1.29, 1.82) is 0 Å². The molecule has 1 saturated heterocycles. The van der Waals surface area contributed by atoms with Gasteiger partial charge >= 0.3 is 0 Å². The first-order chi connectivity index (χ1) is 8.33. The second kappa shape index (κ2) is 4.39. The van der Waals surface area contributed by atoms with Crippen molar-refractivity contribution in [3.63, 3.8) is 0 Å². The molecule has 4 nitrogen and oxygen atoms in total. The summed E-state index contributed by atoms with van der Waals surface area (Å²) in [7, 11) is 0. The number of hydrogen-bond acceptors (Lipinski definition) is 4. The van der Waals surface area contributed by atoms with Gasteiger partial charge in [-0.1, -0.05) is 0 Å². The molecule has 0 saturated carbocycles. The molecule has 1 aromatic carbocycles. The molecular formula is C13H17N3O. The summed E-state index contributed by atoms with van der Waals surface area (Å²) in [5, 5.41) is 4.45. The molecule has 2 heterocycles. The molecule has 90 valence electrons. The largest absolute Gasteiger partial charge is 0.464 e. The predicted molar refractivity (Wildman–Crippen MR) is 68.8 cm³/mol. The summed E-state index contributed by atoms with van der Waals surface area (Å²) in [4.78, 5) is 2.42. The zero-order valence-electron chi connectivity index (χ0n) is 9.78. The van der Waals surface area contributed by atoms with Crippen molar-refractivity contribution in [3.05, 3.63) is 30.0 Å². The van der Waals surface area contributed by atoms with Crippen LogP contribution in [0.4, 0.5) is 5.69 Å². The molecule has 0 radical (unpaired) electrons. The third-order valence-electron chi connectivity index (χ3n) is 3.25. The maximum atomic E-state index is 5.92. The lowest BCUT2D eigenvalue weighted by Gasteiger charge is -2.27. The summed E-state index contributed by atoms with van der Waals surface area (Å²) in [6.07, 6.45) is 1.73. The minimum absolute atomic E-state index is 0.809. The van der Waals surface area contributed by atoms with Crippen LogP contribution in [0.2, 0.25) is 0 Å². The second-order valence-electron chi connectivity index (χ2n) is 4.55. The van der Waals surface area contributed by atoms with Gasteiger partial charge in [0.05, 0.1) is 6.26 Å². The van der Waals surface area contributed by atoms with Crippen LogP contribution in [-0.2, 0) is 6.54 Å². The van der Waals surface area contributed by atoms with Gasteiger partial charge in [-0.25, -0.2) is 0 Å². The molecule has 1 fully saturated rings. The van der Waals surface area contributed by atoms with Crippen molar-refractivity contribution in [3.8, 4) is 0 Å². The molecule has 0 spiro atoms. The number of benzene rings is 1. The van der Waals surface area contributed by atoms with Gasteiger partial charge in [-0.15, -0.1) is 0 Å². The van der Waals surface area contributed by atoms with Gasteiger partial charge in [0.1, 0.15) is 5.58 Å². The third-order valence-corrected chi connectivity index (χ3v) is 3.25. The van der Waals surface area contributed by atoms with Crippen LogP contribution in [0.1, 0.15) is 5.56 Å². The fourth-order valence-corrected chi connectivity index (χ4v) is 2.41. The van der Waals surface area contributed by atoms with E-state index in [9.17, 15) is 0 Å². The molecule has 2 aromatic rings. The van der Waals surface area contributed by atoms with Crippen molar-refractivity contribution in [2.45, 2.75) is 6.54 Å². The van der Waals surface area contributed by atoms with E-state index in [1.165, 1.54) is 5.56 Å². The Hall–Kier alpha value is -1.52. The van der Waals surface area contributed by atoms with Crippen molar-refractivity contribution in [2.24, 2.45) is 0 Å². The highest BCUT2D eigenvalue weighted by Gasteiger charge is 2.13. The third kappa shape index (κ3) is 2.14. The lowest BCUT2D eigenvalue weighted by atomic mass is 10.1. The lowest BCUT2D eigenvalue weighted by Crippen LogP contribution is -2.42. The molecule has 0 unspecified atom stereocenters. The SMILES string of the molecule is Nc1cc(CN2CCNCC2)c2occc2c1. The molecule has 0 atom stereocenters. The Balaban J connectivity index is 1.90. The average molecular weight is 231 g/mol. The number of nitrogens with two attached hydrogens (primary N) is 1. The van der Waals surface area contributed by atoms with Crippen LogP contribution in [0.25, 0.3) is 11.0 Å². The van der Waals surface area contributed by atoms with E-state index in [0.717, 1.165) is 49.4 Å². The van der Waals surface area contributed by atoms with Crippen molar-refractivity contribution >= 4 is 16.7 Å². The van der Waals surface area contributed by atoms with E-state index < -0.39 is 0 Å². The maximum Gasteiger partial charge on any atom is 0.138 e. The fraction of sp³-hybridized carbons (Fsp3) is 0.385. The summed E-state index contributed by atoms with van der Waals surface area (Å²) in [6.45, 7) is 5.19. The molecular weight excluding hydrogens is 214 g/mol. The minimum Gasteiger partial charge on any atom is -0.464 e. The Bertz CT molecular complexity index is 514. The number of nitrogens with zero attached hydrogens (tertiary/aromatic N) is 1. The Labute approximate surface area is 100 Å². The van der Waals surface area contributed by atoms with Gasteiger partial charge in [0.25, 0.3) is 0 Å². The first-order valence-corrected chi connectivity index (χ1v) is 6.01. The number of hydrogen-bond donors (Lipinski definition) is 2. The Morgan fingerprint density at radius 1 is 1.29 bits per heavy atom. The number of rotatable bonds is 2. The van der Waals surface area contributed by atoms with E-state index in [2.05, 4.69) is 10.2 Å². The van der Waals surface area contributed by atoms with Crippen LogP contribution in [0, 0.1) is 0 Å². The molecule has 17 heavy (non-hydrogen) atoms. The summed E-state index contributed by atoms with van der Waals surface area (Å²) in [5.74, 6) is 0. The second-order valence-corrected chi connectivity index (χ2v) is 4.55. The average Bonchev–Trinajstić information content (AvgIpc) is 2.78. The Morgan fingerprint density at radius 3 is 2.94 bits per heavy atom. The van der Waals surface area contributed by atoms with Gasteiger partial charge in [0, 0.05) is 49.4 Å². The van der Waals surface area contributed by atoms with E-state index in [4.69, 9.17) is 10.2 Å². The summed E-state index contributed by atoms with van der Waals surface area (Å²) in [6, 6.07) is 5.95. The fourth-order valence-electron chi connectivity index (χ4n) is 2.41. The zero-order chi connectivity index (χ0) is 11.7. The monoisotopic (exact) mass is 231 g/mol. The van der Waals surface area contributed by atoms with Crippen LogP contribution in [0.15, 0.2) is 28.9 Å². The zero-order valence-corrected chi connectivity index (χ0v) is 9.78. The van der Waals surface area contributed by atoms with Gasteiger partial charge in [0.2, 0.25) is 0 Å². The normalized spacial score (nSPS) is 17.6. The number of piperazine rings is 1. The number of nitrogens with one attached hydrogen (secondary N) is 1. The molecule has 3 N–H and O–H groups in total. The van der Waals surface area contributed by atoms with E-state index in [0.29, 0.717) is 0 Å². The standard InChI is InChI=1S/C13H17N3O/c14-12-7-10-1-6-17-13(10)11(8-12)9-16-4-2-15-3-5-16/h1,6-8,15H,2-5,9,14H2. The topological polar surface area (TPSA) is 54.4 Å². The van der Waals surface area contributed by atoms with Crippen LogP contribution in [-0.4, -0.2) is 31.1 Å². The maximum absolute atomic E-state index is 5.92.